The molecule has 2 N–H and O–H groups in total. The molecule has 2 atom stereocenters. The lowest BCUT2D eigenvalue weighted by atomic mass is 9.99. The van der Waals surface area contributed by atoms with Crippen LogP contribution in [0.1, 0.15) is 25.0 Å². The number of carbonyl (C=O) groups is 2. The number of sulfonamides is 1. The van der Waals surface area contributed by atoms with Crippen molar-refractivity contribution < 1.29 is 27.9 Å². The molecule has 0 aliphatic carbocycles. The minimum absolute atomic E-state index is 0.0318. The first-order chi connectivity index (χ1) is 13.2. The molecule has 0 aromatic heterocycles. The Labute approximate surface area is 165 Å². The van der Waals surface area contributed by atoms with Crippen molar-refractivity contribution in [3.05, 3.63) is 29.8 Å². The SMILES string of the molecule is CCCS(=O)(=O)Nc1ccc([C@H]2OCC(=O)N(CC(=O)N(C)C)[C@@H]2CO)cc1. The lowest BCUT2D eigenvalue weighted by Crippen LogP contribution is -2.55. The fourth-order valence-electron chi connectivity index (χ4n) is 2.95. The van der Waals surface area contributed by atoms with Crippen molar-refractivity contribution in [2.75, 3.05) is 44.3 Å². The van der Waals surface area contributed by atoms with Crippen LogP contribution in [0.4, 0.5) is 5.69 Å². The van der Waals surface area contributed by atoms with Gasteiger partial charge in [0.2, 0.25) is 21.8 Å². The van der Waals surface area contributed by atoms with Crippen LogP contribution >= 0.6 is 0 Å². The Morgan fingerprint density at radius 2 is 1.96 bits per heavy atom. The van der Waals surface area contributed by atoms with Gasteiger partial charge in [0.1, 0.15) is 19.3 Å². The van der Waals surface area contributed by atoms with Gasteiger partial charge in [-0.1, -0.05) is 19.1 Å². The van der Waals surface area contributed by atoms with E-state index in [0.717, 1.165) is 0 Å². The van der Waals surface area contributed by atoms with Crippen LogP contribution in [-0.4, -0.2) is 80.8 Å². The summed E-state index contributed by atoms with van der Waals surface area (Å²) in [6.45, 7) is 1.06. The minimum atomic E-state index is -3.39. The first kappa shape index (κ1) is 22.1. The van der Waals surface area contributed by atoms with Crippen molar-refractivity contribution in [3.8, 4) is 0 Å². The Kier molecular flexibility index (Phi) is 7.39. The number of rotatable bonds is 8. The van der Waals surface area contributed by atoms with E-state index in [4.69, 9.17) is 4.74 Å². The van der Waals surface area contributed by atoms with Gasteiger partial charge < -0.3 is 19.6 Å². The number of aliphatic hydroxyl groups excluding tert-OH is 1. The number of hydrogen-bond donors (Lipinski definition) is 2. The standard InChI is InChI=1S/C18H27N3O6S/c1-4-9-28(25,26)19-14-7-5-13(6-8-14)18-15(11-22)21(17(24)12-27-18)10-16(23)20(2)3/h5-8,15,18-19,22H,4,9-12H2,1-3H3/t15-,18-/m1/s1. The first-order valence-corrected chi connectivity index (χ1v) is 10.7. The van der Waals surface area contributed by atoms with E-state index in [1.807, 2.05) is 0 Å². The molecule has 1 aliphatic rings. The second kappa shape index (κ2) is 9.35. The van der Waals surface area contributed by atoms with Crippen LogP contribution in [0.25, 0.3) is 0 Å². The lowest BCUT2D eigenvalue weighted by molar-refractivity contribution is -0.164. The fraction of sp³-hybridized carbons (Fsp3) is 0.556. The number of nitrogens with zero attached hydrogens (tertiary/aromatic N) is 2. The predicted molar refractivity (Wildman–Crippen MR) is 104 cm³/mol. The third-order valence-corrected chi connectivity index (χ3v) is 5.93. The van der Waals surface area contributed by atoms with E-state index in [2.05, 4.69) is 4.72 Å². The van der Waals surface area contributed by atoms with Crippen LogP contribution in [0.15, 0.2) is 24.3 Å². The van der Waals surface area contributed by atoms with E-state index >= 15 is 0 Å². The summed E-state index contributed by atoms with van der Waals surface area (Å²) in [4.78, 5) is 27.0. The third kappa shape index (κ3) is 5.43. The summed E-state index contributed by atoms with van der Waals surface area (Å²) >= 11 is 0. The fourth-order valence-corrected chi connectivity index (χ4v) is 4.08. The Hall–Kier alpha value is -2.17. The summed E-state index contributed by atoms with van der Waals surface area (Å²) < 4.78 is 31.9. The normalized spacial score (nSPS) is 20.1. The number of anilines is 1. The molecule has 10 heteroatoms. The van der Waals surface area contributed by atoms with Crippen molar-refractivity contribution >= 4 is 27.5 Å². The molecule has 9 nitrogen and oxygen atoms in total. The van der Waals surface area contributed by atoms with Gasteiger partial charge >= 0.3 is 0 Å². The Bertz CT molecular complexity index is 794. The number of nitrogens with one attached hydrogen (secondary N) is 1. The molecule has 1 heterocycles. The monoisotopic (exact) mass is 413 g/mol. The van der Waals surface area contributed by atoms with Crippen LogP contribution in [0.3, 0.4) is 0 Å². The molecule has 0 spiro atoms. The lowest BCUT2D eigenvalue weighted by Gasteiger charge is -2.40. The molecule has 1 fully saturated rings. The van der Waals surface area contributed by atoms with Crippen LogP contribution in [0, 0.1) is 0 Å². The molecule has 1 aliphatic heterocycles. The van der Waals surface area contributed by atoms with E-state index in [0.29, 0.717) is 17.7 Å². The van der Waals surface area contributed by atoms with E-state index in [-0.39, 0.29) is 37.3 Å². The molecule has 2 rings (SSSR count). The van der Waals surface area contributed by atoms with Crippen LogP contribution in [0.2, 0.25) is 0 Å². The van der Waals surface area contributed by atoms with Gasteiger partial charge in [0.15, 0.2) is 0 Å². The van der Waals surface area contributed by atoms with E-state index < -0.39 is 22.2 Å². The quantitative estimate of drug-likeness (QED) is 0.628. The van der Waals surface area contributed by atoms with E-state index in [9.17, 15) is 23.1 Å². The van der Waals surface area contributed by atoms with Gasteiger partial charge in [0, 0.05) is 19.8 Å². The highest BCUT2D eigenvalue weighted by atomic mass is 32.2. The highest BCUT2D eigenvalue weighted by Crippen LogP contribution is 2.30. The summed E-state index contributed by atoms with van der Waals surface area (Å²) in [7, 11) is -0.203. The van der Waals surface area contributed by atoms with Crippen molar-refractivity contribution in [1.29, 1.82) is 0 Å². The van der Waals surface area contributed by atoms with Gasteiger partial charge in [-0.2, -0.15) is 0 Å². The number of morpholine rings is 1. The number of benzene rings is 1. The number of amides is 2. The van der Waals surface area contributed by atoms with E-state index in [1.165, 1.54) is 9.80 Å². The molecule has 0 unspecified atom stereocenters. The second-order valence-corrected chi connectivity index (χ2v) is 8.68. The Morgan fingerprint density at radius 3 is 2.50 bits per heavy atom. The summed E-state index contributed by atoms with van der Waals surface area (Å²) in [5, 5.41) is 9.84. The van der Waals surface area contributed by atoms with Gasteiger partial charge in [0.25, 0.3) is 0 Å². The van der Waals surface area contributed by atoms with Gasteiger partial charge in [0.05, 0.1) is 18.4 Å². The number of ether oxygens (including phenoxy) is 1. The molecule has 28 heavy (non-hydrogen) atoms. The van der Waals surface area contributed by atoms with Crippen LogP contribution in [0.5, 0.6) is 0 Å². The van der Waals surface area contributed by atoms with Gasteiger partial charge in [-0.15, -0.1) is 0 Å². The largest absolute Gasteiger partial charge is 0.394 e. The molecule has 1 aromatic carbocycles. The van der Waals surface area contributed by atoms with E-state index in [1.54, 1.807) is 45.3 Å². The van der Waals surface area contributed by atoms with Crippen molar-refractivity contribution in [2.45, 2.75) is 25.5 Å². The molecule has 2 amide bonds. The maximum absolute atomic E-state index is 12.2. The number of carbonyl (C=O) groups excluding carboxylic acids is 2. The molecule has 1 saturated heterocycles. The summed E-state index contributed by atoms with van der Waals surface area (Å²) in [5.41, 5.74) is 1.09. The molecular formula is C18H27N3O6S. The summed E-state index contributed by atoms with van der Waals surface area (Å²) in [6.07, 6.45) is -0.115. The highest BCUT2D eigenvalue weighted by molar-refractivity contribution is 7.92. The Morgan fingerprint density at radius 1 is 1.32 bits per heavy atom. The molecule has 1 aromatic rings. The van der Waals surface area contributed by atoms with Crippen molar-refractivity contribution in [2.24, 2.45) is 0 Å². The zero-order valence-electron chi connectivity index (χ0n) is 16.3. The number of likely N-dealkylation sites (N-methyl/N-ethyl adjacent to an activating group) is 1. The molecular weight excluding hydrogens is 386 g/mol. The zero-order chi connectivity index (χ0) is 20.9. The average molecular weight is 413 g/mol. The maximum Gasteiger partial charge on any atom is 0.249 e. The van der Waals surface area contributed by atoms with Gasteiger partial charge in [-0.05, 0) is 24.1 Å². The van der Waals surface area contributed by atoms with Crippen LogP contribution in [-0.2, 0) is 24.3 Å². The number of aliphatic hydroxyl groups is 1. The summed E-state index contributed by atoms with van der Waals surface area (Å²) in [6, 6.07) is 5.85. The molecule has 0 saturated carbocycles. The predicted octanol–water partition coefficient (Wildman–Crippen LogP) is 0.187. The highest BCUT2D eigenvalue weighted by Gasteiger charge is 2.38. The van der Waals surface area contributed by atoms with Crippen LogP contribution < -0.4 is 4.72 Å². The maximum atomic E-state index is 12.2. The van der Waals surface area contributed by atoms with Gasteiger partial charge in [-0.3, -0.25) is 14.3 Å². The van der Waals surface area contributed by atoms with Crippen molar-refractivity contribution in [3.63, 3.8) is 0 Å². The summed E-state index contributed by atoms with van der Waals surface area (Å²) in [5.74, 6) is -0.591. The molecule has 0 radical (unpaired) electrons. The van der Waals surface area contributed by atoms with Crippen molar-refractivity contribution in [1.82, 2.24) is 9.80 Å². The second-order valence-electron chi connectivity index (χ2n) is 6.83. The first-order valence-electron chi connectivity index (χ1n) is 9.01. The Balaban J connectivity index is 2.18. The molecule has 0 bridgehead atoms. The third-order valence-electron chi connectivity index (χ3n) is 4.43. The van der Waals surface area contributed by atoms with Gasteiger partial charge in [-0.25, -0.2) is 8.42 Å². The molecule has 156 valence electrons. The topological polar surface area (TPSA) is 116 Å². The zero-order valence-corrected chi connectivity index (χ0v) is 17.1. The smallest absolute Gasteiger partial charge is 0.249 e. The average Bonchev–Trinajstić information content (AvgIpc) is 2.63. The number of hydrogen-bond acceptors (Lipinski definition) is 6. The minimum Gasteiger partial charge on any atom is -0.394 e.